The van der Waals surface area contributed by atoms with E-state index in [0.717, 1.165) is 0 Å². The zero-order chi connectivity index (χ0) is 5.98. The van der Waals surface area contributed by atoms with E-state index >= 15 is 0 Å². The van der Waals surface area contributed by atoms with E-state index < -0.39 is 12.2 Å². The highest BCUT2D eigenvalue weighted by Gasteiger charge is 2.15. The third-order valence-corrected chi connectivity index (χ3v) is 1.37. The molecule has 0 saturated heterocycles. The summed E-state index contributed by atoms with van der Waals surface area (Å²) in [7, 11) is 0. The summed E-state index contributed by atoms with van der Waals surface area (Å²) in [6.07, 6.45) is 3.91. The van der Waals surface area contributed by atoms with Gasteiger partial charge in [-0.15, -0.1) is 0 Å². The second-order valence-corrected chi connectivity index (χ2v) is 2.08. The lowest BCUT2D eigenvalue weighted by molar-refractivity contribution is 0.0193. The lowest BCUT2D eigenvalue weighted by Gasteiger charge is -2.17. The molecule has 2 N–H and O–H groups in total. The maximum Gasteiger partial charge on any atom is 0.0836 e. The Morgan fingerprint density at radius 2 is 1.38 bits per heavy atom. The molecule has 0 aliphatic heterocycles. The minimum Gasteiger partial charge on any atom is -0.390 e. The van der Waals surface area contributed by atoms with Crippen LogP contribution in [0.2, 0.25) is 0 Å². The van der Waals surface area contributed by atoms with Gasteiger partial charge in [0.2, 0.25) is 0 Å². The van der Waals surface area contributed by atoms with Crippen molar-refractivity contribution in [3.8, 4) is 0 Å². The van der Waals surface area contributed by atoms with Gasteiger partial charge in [0.25, 0.3) is 0 Å². The van der Waals surface area contributed by atoms with Gasteiger partial charge in [-0.25, -0.2) is 0 Å². The van der Waals surface area contributed by atoms with Crippen LogP contribution < -0.4 is 0 Å². The highest BCUT2D eigenvalue weighted by atomic mass is 16.3. The summed E-state index contributed by atoms with van der Waals surface area (Å²) < 4.78 is 0. The smallest absolute Gasteiger partial charge is 0.0836 e. The molecule has 2 unspecified atom stereocenters. The van der Waals surface area contributed by atoms with Crippen LogP contribution in [0.3, 0.4) is 0 Å². The largest absolute Gasteiger partial charge is 0.390 e. The van der Waals surface area contributed by atoms with Crippen LogP contribution in [0.4, 0.5) is 0 Å². The fourth-order valence-corrected chi connectivity index (χ4v) is 0.785. The number of aliphatic hydroxyl groups excluding tert-OH is 2. The maximum atomic E-state index is 8.88. The van der Waals surface area contributed by atoms with Crippen LogP contribution in [0.5, 0.6) is 0 Å². The molecule has 1 aliphatic rings. The molecule has 0 aromatic carbocycles. The molecule has 0 fully saturated rings. The molecule has 1 aliphatic carbocycles. The van der Waals surface area contributed by atoms with E-state index in [2.05, 4.69) is 0 Å². The monoisotopic (exact) mass is 114 g/mol. The minimum atomic E-state index is -0.528. The molecule has 2 nitrogen and oxygen atoms in total. The van der Waals surface area contributed by atoms with Crippen LogP contribution in [0.15, 0.2) is 12.2 Å². The molecule has 0 spiro atoms. The standard InChI is InChI=1S/C6H10O2/c7-5-3-1-2-4-6(5)8/h1-2,5-8H,3-4H2. The number of hydrogen-bond donors (Lipinski definition) is 2. The average molecular weight is 114 g/mol. The van der Waals surface area contributed by atoms with Gasteiger partial charge in [-0.05, 0) is 12.8 Å². The highest BCUT2D eigenvalue weighted by molar-refractivity contribution is 4.94. The summed E-state index contributed by atoms with van der Waals surface area (Å²) >= 11 is 0. The zero-order valence-electron chi connectivity index (χ0n) is 4.62. The lowest BCUT2D eigenvalue weighted by atomic mass is 10.0. The Bertz CT molecular complexity index is 86.7. The van der Waals surface area contributed by atoms with E-state index in [1.54, 1.807) is 0 Å². The van der Waals surface area contributed by atoms with Gasteiger partial charge < -0.3 is 10.2 Å². The Balaban J connectivity index is 2.44. The van der Waals surface area contributed by atoms with E-state index in [1.807, 2.05) is 12.2 Å². The van der Waals surface area contributed by atoms with E-state index in [0.29, 0.717) is 12.8 Å². The van der Waals surface area contributed by atoms with Crippen molar-refractivity contribution in [2.24, 2.45) is 0 Å². The molecule has 0 aromatic heterocycles. The van der Waals surface area contributed by atoms with Crippen LogP contribution >= 0.6 is 0 Å². The molecule has 0 heterocycles. The van der Waals surface area contributed by atoms with Gasteiger partial charge in [-0.2, -0.15) is 0 Å². The third kappa shape index (κ3) is 1.08. The Labute approximate surface area is 48.5 Å². The molecule has 0 aromatic rings. The number of hydrogen-bond acceptors (Lipinski definition) is 2. The summed E-state index contributed by atoms with van der Waals surface area (Å²) in [5, 5.41) is 17.8. The van der Waals surface area contributed by atoms with Gasteiger partial charge in [-0.3, -0.25) is 0 Å². The third-order valence-electron chi connectivity index (χ3n) is 1.37. The Hall–Kier alpha value is -0.340. The Morgan fingerprint density at radius 3 is 1.62 bits per heavy atom. The molecule has 0 saturated carbocycles. The van der Waals surface area contributed by atoms with Crippen molar-refractivity contribution in [2.75, 3.05) is 0 Å². The Kier molecular flexibility index (Phi) is 1.65. The molecule has 0 amide bonds. The first-order valence-electron chi connectivity index (χ1n) is 2.82. The summed E-state index contributed by atoms with van der Waals surface area (Å²) in [5.41, 5.74) is 0. The van der Waals surface area contributed by atoms with Crippen LogP contribution in [0.1, 0.15) is 12.8 Å². The zero-order valence-corrected chi connectivity index (χ0v) is 4.62. The average Bonchev–Trinajstić information content (AvgIpc) is 1.77. The molecule has 1 rings (SSSR count). The molecule has 2 heteroatoms. The van der Waals surface area contributed by atoms with Gasteiger partial charge in [-0.1, -0.05) is 12.2 Å². The number of rotatable bonds is 0. The summed E-state index contributed by atoms with van der Waals surface area (Å²) in [6.45, 7) is 0. The van der Waals surface area contributed by atoms with E-state index in [9.17, 15) is 0 Å². The molecule has 8 heavy (non-hydrogen) atoms. The quantitative estimate of drug-likeness (QED) is 0.437. The van der Waals surface area contributed by atoms with Crippen molar-refractivity contribution < 1.29 is 10.2 Å². The fourth-order valence-electron chi connectivity index (χ4n) is 0.785. The van der Waals surface area contributed by atoms with Crippen LogP contribution in [0.25, 0.3) is 0 Å². The molecule has 0 radical (unpaired) electrons. The topological polar surface area (TPSA) is 40.5 Å². The summed E-state index contributed by atoms with van der Waals surface area (Å²) in [5.74, 6) is 0. The normalized spacial score (nSPS) is 37.8. The second kappa shape index (κ2) is 2.29. The lowest BCUT2D eigenvalue weighted by Crippen LogP contribution is -2.26. The van der Waals surface area contributed by atoms with Crippen molar-refractivity contribution in [2.45, 2.75) is 25.0 Å². The predicted octanol–water partition coefficient (Wildman–Crippen LogP) is 0.0582. The van der Waals surface area contributed by atoms with Crippen molar-refractivity contribution >= 4 is 0 Å². The van der Waals surface area contributed by atoms with Crippen molar-refractivity contribution in [1.29, 1.82) is 0 Å². The fraction of sp³-hybridized carbons (Fsp3) is 0.667. The van der Waals surface area contributed by atoms with E-state index in [1.165, 1.54) is 0 Å². The van der Waals surface area contributed by atoms with Crippen molar-refractivity contribution in [3.63, 3.8) is 0 Å². The minimum absolute atomic E-state index is 0.528. The van der Waals surface area contributed by atoms with Gasteiger partial charge in [0.15, 0.2) is 0 Å². The Morgan fingerprint density at radius 1 is 1.00 bits per heavy atom. The van der Waals surface area contributed by atoms with Gasteiger partial charge in [0.1, 0.15) is 0 Å². The van der Waals surface area contributed by atoms with E-state index in [4.69, 9.17) is 10.2 Å². The first kappa shape index (κ1) is 5.79. The molecule has 2 atom stereocenters. The first-order valence-corrected chi connectivity index (χ1v) is 2.82. The molecular weight excluding hydrogens is 104 g/mol. The van der Waals surface area contributed by atoms with Crippen LogP contribution in [-0.4, -0.2) is 22.4 Å². The molecular formula is C6H10O2. The van der Waals surface area contributed by atoms with E-state index in [-0.39, 0.29) is 0 Å². The van der Waals surface area contributed by atoms with Crippen LogP contribution in [0, 0.1) is 0 Å². The predicted molar refractivity (Wildman–Crippen MR) is 30.4 cm³/mol. The van der Waals surface area contributed by atoms with Gasteiger partial charge in [0, 0.05) is 0 Å². The van der Waals surface area contributed by atoms with Crippen LogP contribution in [-0.2, 0) is 0 Å². The SMILES string of the molecule is OC1CC=CCC1O. The summed E-state index contributed by atoms with van der Waals surface area (Å²) in [4.78, 5) is 0. The maximum absolute atomic E-state index is 8.88. The van der Waals surface area contributed by atoms with Crippen molar-refractivity contribution in [3.05, 3.63) is 12.2 Å². The van der Waals surface area contributed by atoms with Gasteiger partial charge >= 0.3 is 0 Å². The highest BCUT2D eigenvalue weighted by Crippen LogP contribution is 2.10. The first-order chi connectivity index (χ1) is 3.80. The van der Waals surface area contributed by atoms with Gasteiger partial charge in [0.05, 0.1) is 12.2 Å². The molecule has 46 valence electrons. The number of aliphatic hydroxyl groups is 2. The van der Waals surface area contributed by atoms with Crippen molar-refractivity contribution in [1.82, 2.24) is 0 Å². The summed E-state index contributed by atoms with van der Waals surface area (Å²) in [6, 6.07) is 0. The second-order valence-electron chi connectivity index (χ2n) is 2.08. The molecule has 0 bridgehead atoms.